The molecule has 0 aliphatic carbocycles. The average molecular weight is 442 g/mol. The van der Waals surface area contributed by atoms with Crippen molar-refractivity contribution in [2.45, 2.75) is 60.4 Å². The van der Waals surface area contributed by atoms with Gasteiger partial charge in [-0.3, -0.25) is 0 Å². The molecule has 0 saturated heterocycles. The van der Waals surface area contributed by atoms with Gasteiger partial charge in [0, 0.05) is 30.4 Å². The van der Waals surface area contributed by atoms with E-state index in [0.717, 1.165) is 0 Å². The van der Waals surface area contributed by atoms with Crippen molar-refractivity contribution in [1.29, 1.82) is 0 Å². The smallest absolute Gasteiger partial charge is 0.506 e. The molecule has 0 heterocycles. The Kier molecular flexibility index (Phi) is 12.8. The van der Waals surface area contributed by atoms with Crippen LogP contribution in [0.1, 0.15) is 76.1 Å². The molecule has 1 aromatic carbocycles. The molecule has 0 bridgehead atoms. The van der Waals surface area contributed by atoms with Crippen molar-refractivity contribution in [1.82, 2.24) is 0 Å². The number of hydrogen-bond acceptors (Lipinski definition) is 7. The summed E-state index contributed by atoms with van der Waals surface area (Å²) >= 11 is 0. The summed E-state index contributed by atoms with van der Waals surface area (Å²) in [5.41, 5.74) is -0.112. The summed E-state index contributed by atoms with van der Waals surface area (Å²) in [5.74, 6) is -1.80. The molecule has 0 N–H and O–H groups in total. The van der Waals surface area contributed by atoms with Crippen molar-refractivity contribution < 1.29 is 32.7 Å². The number of rotatable bonds is 10. The lowest BCUT2D eigenvalue weighted by Gasteiger charge is -2.38. The monoisotopic (exact) mass is 441 g/mol. The summed E-state index contributed by atoms with van der Waals surface area (Å²) in [7, 11) is -2.50. The zero-order valence-electron chi connectivity index (χ0n) is 19.6. The molecular formula is C22H37O7Si-. The lowest BCUT2D eigenvalue weighted by atomic mass is 10.1. The van der Waals surface area contributed by atoms with Crippen LogP contribution in [0.5, 0.6) is 0 Å². The van der Waals surface area contributed by atoms with Crippen LogP contribution in [0.4, 0.5) is 0 Å². The van der Waals surface area contributed by atoms with Gasteiger partial charge in [0.05, 0.1) is 18.1 Å². The number of carbonyl (C=O) groups excluding carboxylic acids is 2. The van der Waals surface area contributed by atoms with E-state index in [-0.39, 0.29) is 28.7 Å². The van der Waals surface area contributed by atoms with Gasteiger partial charge in [-0.2, -0.15) is 0 Å². The summed E-state index contributed by atoms with van der Waals surface area (Å²) < 4.78 is 22.3. The number of carboxylic acid groups (broad SMARTS) is 1. The lowest BCUT2D eigenvalue weighted by molar-refractivity contribution is -0.255. The summed E-state index contributed by atoms with van der Waals surface area (Å²) in [5, 5.41) is 10.7. The van der Waals surface area contributed by atoms with Crippen LogP contribution in [0.15, 0.2) is 24.3 Å². The van der Waals surface area contributed by atoms with Crippen molar-refractivity contribution in [2.24, 2.45) is 5.92 Å². The molecule has 0 saturated carbocycles. The van der Waals surface area contributed by atoms with E-state index >= 15 is 0 Å². The molecule has 0 fully saturated rings. The zero-order chi connectivity index (χ0) is 23.4. The highest BCUT2D eigenvalue weighted by molar-refractivity contribution is 6.64. The first-order valence-electron chi connectivity index (χ1n) is 10.3. The van der Waals surface area contributed by atoms with Gasteiger partial charge in [0.25, 0.3) is 0 Å². The van der Waals surface area contributed by atoms with Gasteiger partial charge in [0.15, 0.2) is 0 Å². The second-order valence-electron chi connectivity index (χ2n) is 7.93. The number of carboxylic acids is 1. The third-order valence-electron chi connectivity index (χ3n) is 3.84. The molecule has 0 amide bonds. The van der Waals surface area contributed by atoms with E-state index in [9.17, 15) is 14.7 Å². The number of carbonyl (C=O) groups is 2. The Morgan fingerprint density at radius 3 is 1.70 bits per heavy atom. The third kappa shape index (κ3) is 8.95. The second kappa shape index (κ2) is 13.5. The molecule has 7 nitrogen and oxygen atoms in total. The molecule has 1 rings (SSSR count). The molecule has 1 aromatic rings. The molecule has 0 unspecified atom stereocenters. The van der Waals surface area contributed by atoms with Gasteiger partial charge in [-0.25, -0.2) is 4.79 Å². The normalized spacial score (nSPS) is 11.6. The fourth-order valence-electron chi connectivity index (χ4n) is 2.50. The van der Waals surface area contributed by atoms with Crippen molar-refractivity contribution in [3.05, 3.63) is 35.4 Å². The van der Waals surface area contributed by atoms with Gasteiger partial charge in [-0.15, -0.1) is 0 Å². The molecule has 0 spiro atoms. The first-order chi connectivity index (χ1) is 14.0. The van der Waals surface area contributed by atoms with E-state index in [1.54, 1.807) is 6.07 Å². The van der Waals surface area contributed by atoms with Crippen LogP contribution in [0, 0.1) is 5.92 Å². The van der Waals surface area contributed by atoms with Gasteiger partial charge in [0.1, 0.15) is 0 Å². The van der Waals surface area contributed by atoms with E-state index in [0.29, 0.717) is 19.8 Å². The Hall–Kier alpha value is -1.74. The number of esters is 1. The predicted octanol–water partition coefficient (Wildman–Crippen LogP) is 3.70. The number of ether oxygens (including phenoxy) is 1. The maximum atomic E-state index is 11.6. The fraction of sp³-hybridized carbons (Fsp3) is 0.636. The molecule has 30 heavy (non-hydrogen) atoms. The van der Waals surface area contributed by atoms with E-state index in [1.165, 1.54) is 18.2 Å². The average Bonchev–Trinajstić information content (AvgIpc) is 2.66. The Labute approximate surface area is 182 Å². The largest absolute Gasteiger partial charge is 0.545 e. The van der Waals surface area contributed by atoms with Crippen LogP contribution >= 0.6 is 0 Å². The van der Waals surface area contributed by atoms with Crippen LogP contribution in [0.25, 0.3) is 0 Å². The summed E-state index contributed by atoms with van der Waals surface area (Å²) in [6.07, 6.45) is 0. The molecule has 0 atom stereocenters. The minimum absolute atomic E-state index is 0.0307. The molecular weight excluding hydrogens is 404 g/mol. The van der Waals surface area contributed by atoms with E-state index < -0.39 is 20.7 Å². The number of benzene rings is 1. The van der Waals surface area contributed by atoms with Crippen molar-refractivity contribution in [3.8, 4) is 0 Å². The Morgan fingerprint density at radius 2 is 1.37 bits per heavy atom. The third-order valence-corrected chi connectivity index (χ3v) is 7.68. The lowest BCUT2D eigenvalue weighted by Crippen LogP contribution is -2.53. The van der Waals surface area contributed by atoms with Gasteiger partial charge in [0.2, 0.25) is 0 Å². The van der Waals surface area contributed by atoms with Gasteiger partial charge < -0.3 is 27.9 Å². The topological polar surface area (TPSA) is 94.1 Å². The maximum Gasteiger partial charge on any atom is 0.506 e. The number of hydrogen-bond donors (Lipinski definition) is 0. The minimum atomic E-state index is -2.50. The quantitative estimate of drug-likeness (QED) is 0.404. The molecule has 0 aliphatic rings. The fourth-order valence-corrected chi connectivity index (χ4v) is 5.19. The van der Waals surface area contributed by atoms with Gasteiger partial charge in [-0.05, 0) is 32.8 Å². The molecule has 0 aliphatic heterocycles. The number of aromatic carboxylic acids is 1. The summed E-state index contributed by atoms with van der Waals surface area (Å²) in [4.78, 5) is 22.3. The molecule has 8 heteroatoms. The van der Waals surface area contributed by atoms with Crippen LogP contribution in [-0.4, -0.2) is 47.2 Å². The van der Waals surface area contributed by atoms with Gasteiger partial charge >= 0.3 is 14.8 Å². The Balaban J connectivity index is 0.000000567. The van der Waals surface area contributed by atoms with E-state index in [2.05, 4.69) is 20.8 Å². The predicted molar refractivity (Wildman–Crippen MR) is 116 cm³/mol. The van der Waals surface area contributed by atoms with Crippen LogP contribution < -0.4 is 5.11 Å². The van der Waals surface area contributed by atoms with Crippen molar-refractivity contribution in [3.63, 3.8) is 0 Å². The molecule has 0 radical (unpaired) electrons. The highest BCUT2D eigenvalue weighted by Gasteiger charge is 2.52. The van der Waals surface area contributed by atoms with Crippen LogP contribution in [-0.2, 0) is 18.0 Å². The van der Waals surface area contributed by atoms with Crippen LogP contribution in [0.2, 0.25) is 5.04 Å². The van der Waals surface area contributed by atoms with E-state index in [1.807, 2.05) is 34.6 Å². The molecule has 0 aromatic heterocycles. The second-order valence-corrected chi connectivity index (χ2v) is 11.4. The van der Waals surface area contributed by atoms with E-state index in [4.69, 9.17) is 18.0 Å². The van der Waals surface area contributed by atoms with Crippen molar-refractivity contribution >= 4 is 20.7 Å². The minimum Gasteiger partial charge on any atom is -0.545 e. The molecule has 172 valence electrons. The highest BCUT2D eigenvalue weighted by Crippen LogP contribution is 2.38. The highest BCUT2D eigenvalue weighted by atomic mass is 28.4. The Morgan fingerprint density at radius 1 is 0.933 bits per heavy atom. The SMILES string of the molecule is CC(C)COC(=O)c1ccccc1C(=O)[O-].CCO[Si](OCC)(OCC)C(C)(C)C. The summed E-state index contributed by atoms with van der Waals surface area (Å²) in [6, 6.07) is 5.85. The first kappa shape index (κ1) is 28.3. The Bertz CT molecular complexity index is 636. The zero-order valence-corrected chi connectivity index (χ0v) is 20.6. The van der Waals surface area contributed by atoms with Crippen LogP contribution in [0.3, 0.4) is 0 Å². The first-order valence-corrected chi connectivity index (χ1v) is 12.1. The standard InChI is InChI=1S/C12H14O4.C10H24O3Si/c1-8(2)7-16-12(15)10-6-4-3-5-9(10)11(13)14;1-7-11-14(12-8-2,13-9-3)10(4,5)6/h3-6,8H,7H2,1-2H3,(H,13,14);7-9H2,1-6H3/p-1. The van der Waals surface area contributed by atoms with Gasteiger partial charge in [-0.1, -0.05) is 52.8 Å². The maximum absolute atomic E-state index is 11.6. The van der Waals surface area contributed by atoms with Crippen molar-refractivity contribution in [2.75, 3.05) is 26.4 Å². The summed E-state index contributed by atoms with van der Waals surface area (Å²) in [6.45, 7) is 18.3.